The summed E-state index contributed by atoms with van der Waals surface area (Å²) in [6, 6.07) is 0. The molecule has 30 heavy (non-hydrogen) atoms. The monoisotopic (exact) mass is 498 g/mol. The number of rotatable bonds is 2. The smallest absolute Gasteiger partial charge is 0.410 e. The SMILES string of the molecule is CC(C)(C)OC(=O)NC1(c2c(F)c(F)c(Br)c(F)c2F)CN(C(=O)OC(C)(C)C)C1. The second-order valence-corrected chi connectivity index (χ2v) is 9.78. The molecular formula is C19H23BrF4N2O4. The van der Waals surface area contributed by atoms with Gasteiger partial charge in [0.05, 0.1) is 23.1 Å². The Morgan fingerprint density at radius 1 is 0.900 bits per heavy atom. The number of nitrogens with zero attached hydrogens (tertiary/aromatic N) is 1. The van der Waals surface area contributed by atoms with Gasteiger partial charge < -0.3 is 19.7 Å². The van der Waals surface area contributed by atoms with Crippen LogP contribution in [0.1, 0.15) is 47.1 Å². The van der Waals surface area contributed by atoms with Gasteiger partial charge in [0.2, 0.25) is 0 Å². The van der Waals surface area contributed by atoms with Crippen LogP contribution < -0.4 is 5.32 Å². The third-order valence-electron chi connectivity index (χ3n) is 4.00. The Labute approximate surface area is 180 Å². The zero-order valence-corrected chi connectivity index (χ0v) is 19.0. The minimum absolute atomic E-state index is 0.491. The number of halogens is 5. The minimum Gasteiger partial charge on any atom is -0.444 e. The highest BCUT2D eigenvalue weighted by Gasteiger charge is 2.53. The molecule has 1 aromatic rings. The van der Waals surface area contributed by atoms with Gasteiger partial charge in [-0.3, -0.25) is 0 Å². The van der Waals surface area contributed by atoms with Crippen molar-refractivity contribution in [3.63, 3.8) is 0 Å². The van der Waals surface area contributed by atoms with Crippen molar-refractivity contribution in [2.24, 2.45) is 0 Å². The summed E-state index contributed by atoms with van der Waals surface area (Å²) < 4.78 is 66.9. The third-order valence-corrected chi connectivity index (χ3v) is 4.70. The van der Waals surface area contributed by atoms with Gasteiger partial charge in [-0.1, -0.05) is 0 Å². The lowest BCUT2D eigenvalue weighted by Crippen LogP contribution is -2.70. The molecule has 0 radical (unpaired) electrons. The molecule has 1 aromatic carbocycles. The van der Waals surface area contributed by atoms with E-state index in [1.807, 2.05) is 0 Å². The number of likely N-dealkylation sites (tertiary alicyclic amines) is 1. The van der Waals surface area contributed by atoms with E-state index in [2.05, 4.69) is 21.2 Å². The summed E-state index contributed by atoms with van der Waals surface area (Å²) in [5.41, 5.74) is -4.81. The summed E-state index contributed by atoms with van der Waals surface area (Å²) in [6.45, 7) is 8.57. The molecule has 168 valence electrons. The molecule has 0 unspecified atom stereocenters. The number of benzene rings is 1. The first-order chi connectivity index (χ1) is 13.5. The first-order valence-corrected chi connectivity index (χ1v) is 9.78. The minimum atomic E-state index is -1.96. The molecule has 1 fully saturated rings. The highest BCUT2D eigenvalue weighted by Crippen LogP contribution is 2.40. The van der Waals surface area contributed by atoms with Gasteiger partial charge >= 0.3 is 12.2 Å². The lowest BCUT2D eigenvalue weighted by Gasteiger charge is -2.50. The number of alkyl carbamates (subject to hydrolysis) is 1. The van der Waals surface area contributed by atoms with Crippen molar-refractivity contribution in [2.75, 3.05) is 13.1 Å². The molecule has 0 atom stereocenters. The summed E-state index contributed by atoms with van der Waals surface area (Å²) in [4.78, 5) is 25.6. The van der Waals surface area contributed by atoms with Crippen molar-refractivity contribution in [3.05, 3.63) is 33.3 Å². The summed E-state index contributed by atoms with van der Waals surface area (Å²) in [7, 11) is 0. The number of carbonyl (C=O) groups is 2. The quantitative estimate of drug-likeness (QED) is 0.354. The summed E-state index contributed by atoms with van der Waals surface area (Å²) in [6.07, 6.45) is -1.89. The molecule has 6 nitrogen and oxygen atoms in total. The van der Waals surface area contributed by atoms with Crippen LogP contribution in [0.4, 0.5) is 27.2 Å². The van der Waals surface area contributed by atoms with Crippen molar-refractivity contribution < 1.29 is 36.6 Å². The van der Waals surface area contributed by atoms with Gasteiger partial charge in [0.15, 0.2) is 23.3 Å². The first-order valence-electron chi connectivity index (χ1n) is 8.98. The fraction of sp³-hybridized carbons (Fsp3) is 0.579. The van der Waals surface area contributed by atoms with E-state index in [0.717, 1.165) is 4.90 Å². The van der Waals surface area contributed by atoms with Crippen LogP contribution in [-0.2, 0) is 15.0 Å². The zero-order valence-electron chi connectivity index (χ0n) is 17.4. The number of hydrogen-bond donors (Lipinski definition) is 1. The van der Waals surface area contributed by atoms with E-state index in [0.29, 0.717) is 0 Å². The molecule has 0 spiro atoms. The normalized spacial score (nSPS) is 16.0. The summed E-state index contributed by atoms with van der Waals surface area (Å²) in [5.74, 6) is -6.71. The molecule has 1 aliphatic rings. The van der Waals surface area contributed by atoms with Crippen molar-refractivity contribution in [2.45, 2.75) is 58.3 Å². The second-order valence-electron chi connectivity index (χ2n) is 8.99. The maximum absolute atomic E-state index is 14.7. The van der Waals surface area contributed by atoms with Crippen molar-refractivity contribution in [3.8, 4) is 0 Å². The number of hydrogen-bond acceptors (Lipinski definition) is 4. The van der Waals surface area contributed by atoms with Gasteiger partial charge in [-0.15, -0.1) is 0 Å². The molecule has 0 bridgehead atoms. The van der Waals surface area contributed by atoms with Crippen LogP contribution in [-0.4, -0.2) is 41.4 Å². The van der Waals surface area contributed by atoms with E-state index in [1.54, 1.807) is 41.5 Å². The van der Waals surface area contributed by atoms with E-state index < -0.39 is 75.3 Å². The molecule has 0 aromatic heterocycles. The van der Waals surface area contributed by atoms with Crippen LogP contribution in [0, 0.1) is 23.3 Å². The molecule has 0 saturated carbocycles. The molecule has 1 saturated heterocycles. The molecule has 2 rings (SSSR count). The Morgan fingerprint density at radius 3 is 1.73 bits per heavy atom. The highest BCUT2D eigenvalue weighted by atomic mass is 79.9. The standard InChI is InChI=1S/C19H23BrF4N2O4/c1-17(2,3)29-15(27)25-19(7-26(8-19)16(28)30-18(4,5)6)9-11(21)13(23)10(20)14(24)12(9)22/h7-8H2,1-6H3,(H,25,27). The van der Waals surface area contributed by atoms with Crippen LogP contribution in [0.3, 0.4) is 0 Å². The molecule has 1 aliphatic heterocycles. The van der Waals surface area contributed by atoms with Crippen molar-refractivity contribution >= 4 is 28.1 Å². The van der Waals surface area contributed by atoms with E-state index in [4.69, 9.17) is 9.47 Å². The van der Waals surface area contributed by atoms with Crippen LogP contribution in [0.2, 0.25) is 0 Å². The predicted molar refractivity (Wildman–Crippen MR) is 103 cm³/mol. The summed E-state index contributed by atoms with van der Waals surface area (Å²) >= 11 is 2.45. The number of nitrogens with one attached hydrogen (secondary N) is 1. The largest absolute Gasteiger partial charge is 0.444 e. The Morgan fingerprint density at radius 2 is 1.33 bits per heavy atom. The second kappa shape index (κ2) is 7.90. The number of amides is 2. The van der Waals surface area contributed by atoms with Gasteiger partial charge in [-0.05, 0) is 57.5 Å². The molecule has 2 amide bonds. The Bertz CT molecular complexity index is 846. The van der Waals surface area contributed by atoms with Gasteiger partial charge in [-0.25, -0.2) is 27.2 Å². The average molecular weight is 499 g/mol. The fourth-order valence-corrected chi connectivity index (χ4v) is 3.23. The fourth-order valence-electron chi connectivity index (χ4n) is 2.88. The molecule has 11 heteroatoms. The van der Waals surface area contributed by atoms with Gasteiger partial charge in [0.1, 0.15) is 16.7 Å². The van der Waals surface area contributed by atoms with E-state index >= 15 is 0 Å². The van der Waals surface area contributed by atoms with Crippen LogP contribution in [0.15, 0.2) is 4.47 Å². The maximum atomic E-state index is 14.7. The predicted octanol–water partition coefficient (Wildman–Crippen LogP) is 4.98. The van der Waals surface area contributed by atoms with Gasteiger partial charge in [0.25, 0.3) is 0 Å². The van der Waals surface area contributed by atoms with Crippen LogP contribution >= 0.6 is 15.9 Å². The van der Waals surface area contributed by atoms with Gasteiger partial charge in [0, 0.05) is 0 Å². The highest BCUT2D eigenvalue weighted by molar-refractivity contribution is 9.10. The zero-order chi connectivity index (χ0) is 23.2. The number of carbonyl (C=O) groups excluding carboxylic acids is 2. The molecular weight excluding hydrogens is 476 g/mol. The molecule has 1 N–H and O–H groups in total. The average Bonchev–Trinajstić information content (AvgIpc) is 2.51. The van der Waals surface area contributed by atoms with Crippen molar-refractivity contribution in [1.82, 2.24) is 10.2 Å². The first kappa shape index (κ1) is 24.2. The Kier molecular flexibility index (Phi) is 6.38. The Balaban J connectivity index is 2.46. The Hall–Kier alpha value is -2.04. The molecule has 0 aliphatic carbocycles. The van der Waals surface area contributed by atoms with E-state index in [1.165, 1.54) is 0 Å². The molecule has 1 heterocycles. The maximum Gasteiger partial charge on any atom is 0.410 e. The number of ether oxygens (including phenoxy) is 2. The lowest BCUT2D eigenvalue weighted by atomic mass is 9.81. The topological polar surface area (TPSA) is 67.9 Å². The van der Waals surface area contributed by atoms with Gasteiger partial charge in [-0.2, -0.15) is 0 Å². The lowest BCUT2D eigenvalue weighted by molar-refractivity contribution is -0.0250. The third kappa shape index (κ3) is 4.98. The van der Waals surface area contributed by atoms with Crippen molar-refractivity contribution in [1.29, 1.82) is 0 Å². The van der Waals surface area contributed by atoms with E-state index in [9.17, 15) is 27.2 Å². The summed E-state index contributed by atoms with van der Waals surface area (Å²) in [5, 5.41) is 2.27. The van der Waals surface area contributed by atoms with Crippen LogP contribution in [0.5, 0.6) is 0 Å². The van der Waals surface area contributed by atoms with E-state index in [-0.39, 0.29) is 0 Å². The van der Waals surface area contributed by atoms with Crippen LogP contribution in [0.25, 0.3) is 0 Å².